The Labute approximate surface area is 637 Å². The highest BCUT2D eigenvalue weighted by molar-refractivity contribution is 6.11. The summed E-state index contributed by atoms with van der Waals surface area (Å²) in [6.45, 7) is 24.2. The van der Waals surface area contributed by atoms with Gasteiger partial charge in [-0.15, -0.1) is 0 Å². The summed E-state index contributed by atoms with van der Waals surface area (Å²) in [6.07, 6.45) is 17.5. The maximum Gasteiger partial charge on any atom is 0.0541 e. The van der Waals surface area contributed by atoms with Gasteiger partial charge in [0.05, 0.1) is 22.1 Å². The number of hydrogen-bond acceptors (Lipinski definition) is 0. The third kappa shape index (κ3) is 11.0. The summed E-state index contributed by atoms with van der Waals surface area (Å²) in [4.78, 5) is 0. The molecule has 0 N–H and O–H groups in total. The zero-order chi connectivity index (χ0) is 73.1. The van der Waals surface area contributed by atoms with Crippen LogP contribution in [-0.4, -0.2) is 9.13 Å². The normalized spacial score (nSPS) is 16.9. The Bertz CT molecular complexity index is 5290. The molecule has 0 amide bonds. The number of rotatable bonds is 24. The highest BCUT2D eigenvalue weighted by Gasteiger charge is 2.53. The minimum atomic E-state index is -0.395. The largest absolute Gasteiger partial charge is 0.309 e. The van der Waals surface area contributed by atoms with Crippen LogP contribution in [0.5, 0.6) is 0 Å². The van der Waals surface area contributed by atoms with Gasteiger partial charge in [0.1, 0.15) is 0 Å². The smallest absolute Gasteiger partial charge is 0.0541 e. The summed E-state index contributed by atoms with van der Waals surface area (Å²) in [5, 5.41) is 5.14. The van der Waals surface area contributed by atoms with Gasteiger partial charge in [0.2, 0.25) is 0 Å². The molecule has 18 rings (SSSR count). The van der Waals surface area contributed by atoms with Crippen LogP contribution in [0.4, 0.5) is 0 Å². The van der Waals surface area contributed by atoms with E-state index in [2.05, 4.69) is 333 Å². The van der Waals surface area contributed by atoms with E-state index in [-0.39, 0.29) is 10.8 Å². The molecule has 0 radical (unpaired) electrons. The minimum absolute atomic E-state index is 0.00330. The summed E-state index contributed by atoms with van der Waals surface area (Å²) in [5.41, 5.74) is 34.9. The molecule has 0 saturated carbocycles. The zero-order valence-corrected chi connectivity index (χ0v) is 65.1. The molecule has 536 valence electrons. The van der Waals surface area contributed by atoms with Crippen LogP contribution in [0.1, 0.15) is 210 Å². The second-order valence-electron chi connectivity index (χ2n) is 34.7. The molecule has 12 aromatic carbocycles. The third-order valence-electron chi connectivity index (χ3n) is 26.9. The van der Waals surface area contributed by atoms with Crippen LogP contribution >= 0.6 is 0 Å². The van der Waals surface area contributed by atoms with Crippen molar-refractivity contribution in [1.29, 1.82) is 0 Å². The lowest BCUT2D eigenvalue weighted by atomic mass is 9.60. The van der Waals surface area contributed by atoms with Crippen LogP contribution in [0.3, 0.4) is 0 Å². The highest BCUT2D eigenvalue weighted by Crippen LogP contribution is 2.64. The number of aromatic nitrogens is 2. The molecule has 4 aliphatic carbocycles. The minimum Gasteiger partial charge on any atom is -0.309 e. The molecular weight excluding hydrogens is 1290 g/mol. The highest BCUT2D eigenvalue weighted by atomic mass is 15.0. The van der Waals surface area contributed by atoms with Gasteiger partial charge in [-0.1, -0.05) is 303 Å². The van der Waals surface area contributed by atoms with E-state index in [0.717, 1.165) is 19.3 Å². The SMILES string of the molecule is CCC1(CC2(CC)c3ccc(-n4c5ccccc5c5ccccc54)cc3-c3ccc(-c4ccc5c(c4)-c4ccccc4C5(CCCC(C)C)CCCC(C)C)cc32)c2ccc(-n3c4ccccc4c4ccccc43)cc2-c2ccc(-c3ccc4c(c3)-c3ccccc3C4(CCCC(C)C)CCCC(C)C)cc21. The van der Waals surface area contributed by atoms with E-state index >= 15 is 0 Å². The first-order valence-electron chi connectivity index (χ1n) is 41.2. The van der Waals surface area contributed by atoms with Gasteiger partial charge in [-0.2, -0.15) is 0 Å². The quantitative estimate of drug-likeness (QED) is 0.0571. The van der Waals surface area contributed by atoms with Crippen molar-refractivity contribution in [2.45, 2.75) is 187 Å². The second kappa shape index (κ2) is 27.2. The molecule has 2 nitrogen and oxygen atoms in total. The van der Waals surface area contributed by atoms with Crippen LogP contribution in [0.15, 0.2) is 255 Å². The number of hydrogen-bond donors (Lipinski definition) is 0. The van der Waals surface area contributed by atoms with E-state index < -0.39 is 10.8 Å². The fourth-order valence-corrected chi connectivity index (χ4v) is 21.8. The average Bonchev–Trinajstić information content (AvgIpc) is 1.53. The Morgan fingerprint density at radius 2 is 0.514 bits per heavy atom. The standard InChI is InChI=1S/C105H106N2/c1-11-102(92-55-49-76(106-98-41-21-15-35-82(98)83-36-16-22-42-99(83)106)65-88(92)80-51-45-74(63-96(80)102)72-47-53-94-86(61-72)78-33-13-19-39-90(78)104(94,57-25-29-68(3)4)58-26-30-69(5)6)67-103(12-2)93-56-50-77(107-100-43-23-17-37-84(100)85-38-18-24-44-101(85)107)66-89(93)81-52-46-75(64-97(81)103)73-48-54-95-87(62-73)79-34-14-20-40-91(79)105(95,59-27-31-70(7)8)60-28-32-71(9)10/h13-24,33-56,61-66,68-71H,11-12,25-32,57-60,67H2,1-10H3. The maximum absolute atomic E-state index is 2.69. The van der Waals surface area contributed by atoms with Gasteiger partial charge in [-0.3, -0.25) is 0 Å². The summed E-state index contributed by atoms with van der Waals surface area (Å²) in [6, 6.07) is 101. The Hall–Kier alpha value is -9.76. The molecular formula is C105H106N2. The van der Waals surface area contributed by atoms with E-state index in [9.17, 15) is 0 Å². The third-order valence-corrected chi connectivity index (χ3v) is 26.9. The van der Waals surface area contributed by atoms with Crippen LogP contribution < -0.4 is 0 Å². The summed E-state index contributed by atoms with van der Waals surface area (Å²) < 4.78 is 5.06. The van der Waals surface area contributed by atoms with Gasteiger partial charge in [-0.05, 0) is 253 Å². The van der Waals surface area contributed by atoms with Gasteiger partial charge < -0.3 is 9.13 Å². The molecule has 0 saturated heterocycles. The first-order valence-corrected chi connectivity index (χ1v) is 41.2. The van der Waals surface area contributed by atoms with Gasteiger partial charge in [-0.25, -0.2) is 0 Å². The van der Waals surface area contributed by atoms with Gasteiger partial charge >= 0.3 is 0 Å². The fraction of sp³-hybridized carbons (Fsp3) is 0.314. The Morgan fingerprint density at radius 1 is 0.243 bits per heavy atom. The zero-order valence-electron chi connectivity index (χ0n) is 65.1. The van der Waals surface area contributed by atoms with Crippen molar-refractivity contribution in [3.63, 3.8) is 0 Å². The molecule has 2 unspecified atom stereocenters. The Kier molecular flexibility index (Phi) is 17.5. The number of nitrogens with zero attached hydrogens (tertiary/aromatic N) is 2. The topological polar surface area (TPSA) is 9.86 Å². The van der Waals surface area contributed by atoms with Crippen molar-refractivity contribution >= 4 is 43.6 Å². The van der Waals surface area contributed by atoms with Crippen LogP contribution in [0.25, 0.3) is 122 Å². The van der Waals surface area contributed by atoms with Gasteiger partial charge in [0.15, 0.2) is 0 Å². The molecule has 4 aliphatic rings. The molecule has 2 heteroatoms. The predicted octanol–water partition coefficient (Wildman–Crippen LogP) is 29.5. The average molecular weight is 1400 g/mol. The molecule has 2 atom stereocenters. The Morgan fingerprint density at radius 3 is 0.860 bits per heavy atom. The van der Waals surface area contributed by atoms with Crippen molar-refractivity contribution in [2.24, 2.45) is 23.7 Å². The Balaban J connectivity index is 0.837. The monoisotopic (exact) mass is 1390 g/mol. The lowest BCUT2D eigenvalue weighted by molar-refractivity contribution is 0.342. The number of para-hydroxylation sites is 4. The molecule has 2 heterocycles. The van der Waals surface area contributed by atoms with Gasteiger partial charge in [0.25, 0.3) is 0 Å². The van der Waals surface area contributed by atoms with E-state index in [4.69, 9.17) is 0 Å². The van der Waals surface area contributed by atoms with Crippen molar-refractivity contribution < 1.29 is 0 Å². The molecule has 0 fully saturated rings. The molecule has 0 aliphatic heterocycles. The van der Waals surface area contributed by atoms with E-state index in [1.54, 1.807) is 22.3 Å². The van der Waals surface area contributed by atoms with Crippen molar-refractivity contribution in [2.75, 3.05) is 0 Å². The van der Waals surface area contributed by atoms with E-state index in [0.29, 0.717) is 23.7 Å². The van der Waals surface area contributed by atoms with Crippen molar-refractivity contribution in [3.05, 3.63) is 299 Å². The van der Waals surface area contributed by atoms with Crippen LogP contribution in [-0.2, 0) is 21.7 Å². The van der Waals surface area contributed by atoms with E-state index in [1.807, 2.05) is 0 Å². The van der Waals surface area contributed by atoms with Crippen molar-refractivity contribution in [3.8, 4) is 78.1 Å². The molecule has 14 aromatic rings. The summed E-state index contributed by atoms with van der Waals surface area (Å²) >= 11 is 0. The molecule has 0 bridgehead atoms. The first-order chi connectivity index (χ1) is 52.2. The van der Waals surface area contributed by atoms with Crippen LogP contribution in [0.2, 0.25) is 0 Å². The molecule has 2 aromatic heterocycles. The fourth-order valence-electron chi connectivity index (χ4n) is 21.8. The summed E-state index contributed by atoms with van der Waals surface area (Å²) in [5.74, 6) is 2.72. The lowest BCUT2D eigenvalue weighted by Gasteiger charge is -2.42. The lowest BCUT2D eigenvalue weighted by Crippen LogP contribution is -2.37. The molecule has 0 spiro atoms. The second-order valence-corrected chi connectivity index (χ2v) is 34.7. The van der Waals surface area contributed by atoms with E-state index in [1.165, 1.54) is 221 Å². The van der Waals surface area contributed by atoms with Gasteiger partial charge in [0, 0.05) is 54.6 Å². The predicted molar refractivity (Wildman–Crippen MR) is 457 cm³/mol. The van der Waals surface area contributed by atoms with Crippen molar-refractivity contribution in [1.82, 2.24) is 9.13 Å². The molecule has 107 heavy (non-hydrogen) atoms. The number of benzene rings is 12. The first kappa shape index (κ1) is 69.0. The number of fused-ring (bicyclic) bond motifs is 18. The summed E-state index contributed by atoms with van der Waals surface area (Å²) in [7, 11) is 0. The maximum atomic E-state index is 2.69. The van der Waals surface area contributed by atoms with Crippen LogP contribution in [0, 0.1) is 23.7 Å².